The molecule has 0 aliphatic heterocycles. The molecule has 2 N–H and O–H groups in total. The fraction of sp³-hybridized carbons (Fsp3) is 0.556. The molecule has 0 saturated carbocycles. The first-order valence-corrected chi connectivity index (χ1v) is 3.93. The van der Waals surface area contributed by atoms with E-state index < -0.39 is 0 Å². The zero-order chi connectivity index (χ0) is 7.40. The topological polar surface area (TPSA) is 26.0 Å². The summed E-state index contributed by atoms with van der Waals surface area (Å²) in [7, 11) is 0. The summed E-state index contributed by atoms with van der Waals surface area (Å²) in [5, 5.41) is 0. The average molecular weight is 137 g/mol. The van der Waals surface area contributed by atoms with Crippen LogP contribution in [-0.4, -0.2) is 6.54 Å². The molecule has 1 aliphatic rings. The van der Waals surface area contributed by atoms with Crippen molar-refractivity contribution in [1.29, 1.82) is 0 Å². The number of hydrogen-bond acceptors (Lipinski definition) is 1. The van der Waals surface area contributed by atoms with Gasteiger partial charge in [-0.2, -0.15) is 0 Å². The fourth-order valence-electron chi connectivity index (χ4n) is 1.39. The second-order valence-corrected chi connectivity index (χ2v) is 2.74. The number of nitrogens with two attached hydrogens (primary N) is 1. The zero-order valence-electron chi connectivity index (χ0n) is 6.46. The smallest absolute Gasteiger partial charge is 0.000839 e. The van der Waals surface area contributed by atoms with E-state index in [2.05, 4.69) is 31.2 Å². The van der Waals surface area contributed by atoms with Crippen molar-refractivity contribution in [2.75, 3.05) is 6.54 Å². The quantitative estimate of drug-likeness (QED) is 0.616. The van der Waals surface area contributed by atoms with Crippen molar-refractivity contribution < 1.29 is 0 Å². The molecule has 0 radical (unpaired) electrons. The van der Waals surface area contributed by atoms with E-state index in [0.29, 0.717) is 11.8 Å². The maximum absolute atomic E-state index is 5.58. The molecule has 1 heteroatoms. The van der Waals surface area contributed by atoms with Crippen LogP contribution in [0, 0.1) is 11.8 Å². The lowest BCUT2D eigenvalue weighted by molar-refractivity contribution is 0.465. The molecular formula is C9H15N. The van der Waals surface area contributed by atoms with Crippen molar-refractivity contribution in [3.8, 4) is 0 Å². The van der Waals surface area contributed by atoms with E-state index >= 15 is 0 Å². The summed E-state index contributed by atoms with van der Waals surface area (Å²) in [6.45, 7) is 2.98. The summed E-state index contributed by atoms with van der Waals surface area (Å²) in [6.07, 6.45) is 9.85. The highest BCUT2D eigenvalue weighted by molar-refractivity contribution is 5.14. The van der Waals surface area contributed by atoms with Crippen molar-refractivity contribution in [3.05, 3.63) is 24.3 Å². The molecule has 0 bridgehead atoms. The molecule has 0 saturated heterocycles. The van der Waals surface area contributed by atoms with Gasteiger partial charge < -0.3 is 5.73 Å². The summed E-state index contributed by atoms with van der Waals surface area (Å²) in [6, 6.07) is 0. The minimum atomic E-state index is 0.579. The van der Waals surface area contributed by atoms with Crippen molar-refractivity contribution in [2.45, 2.75) is 13.3 Å². The highest BCUT2D eigenvalue weighted by Gasteiger charge is 2.13. The van der Waals surface area contributed by atoms with E-state index in [9.17, 15) is 0 Å². The highest BCUT2D eigenvalue weighted by Crippen LogP contribution is 2.20. The lowest BCUT2D eigenvalue weighted by Crippen LogP contribution is -2.21. The zero-order valence-corrected chi connectivity index (χ0v) is 6.46. The van der Waals surface area contributed by atoms with Crippen LogP contribution in [0.3, 0.4) is 0 Å². The van der Waals surface area contributed by atoms with Gasteiger partial charge in [0.25, 0.3) is 0 Å². The minimum Gasteiger partial charge on any atom is -0.330 e. The Bertz CT molecular complexity index is 129. The first kappa shape index (κ1) is 7.55. The van der Waals surface area contributed by atoms with Crippen molar-refractivity contribution >= 4 is 0 Å². The van der Waals surface area contributed by atoms with Crippen molar-refractivity contribution in [3.63, 3.8) is 0 Å². The third-order valence-corrected chi connectivity index (χ3v) is 2.12. The van der Waals surface area contributed by atoms with Gasteiger partial charge in [0, 0.05) is 0 Å². The molecule has 0 amide bonds. The summed E-state index contributed by atoms with van der Waals surface area (Å²) in [5.41, 5.74) is 5.58. The van der Waals surface area contributed by atoms with Crippen LogP contribution < -0.4 is 5.73 Å². The van der Waals surface area contributed by atoms with Crippen LogP contribution in [0.15, 0.2) is 24.3 Å². The third kappa shape index (κ3) is 1.48. The Labute approximate surface area is 62.6 Å². The van der Waals surface area contributed by atoms with E-state index in [1.807, 2.05) is 0 Å². The second-order valence-electron chi connectivity index (χ2n) is 2.74. The van der Waals surface area contributed by atoms with E-state index in [1.165, 1.54) is 6.42 Å². The molecule has 2 unspecified atom stereocenters. The van der Waals surface area contributed by atoms with Crippen LogP contribution >= 0.6 is 0 Å². The standard InChI is InChI=1S/C9H15N/c1-2-8-5-3-4-6-9(8)7-10/h3-6,8-9H,2,7,10H2,1H3. The summed E-state index contributed by atoms with van der Waals surface area (Å²) < 4.78 is 0. The maximum atomic E-state index is 5.58. The Morgan fingerprint density at radius 1 is 1.20 bits per heavy atom. The molecule has 0 fully saturated rings. The monoisotopic (exact) mass is 137 g/mol. The average Bonchev–Trinajstić information content (AvgIpc) is 2.04. The molecule has 10 heavy (non-hydrogen) atoms. The lowest BCUT2D eigenvalue weighted by Gasteiger charge is -2.20. The van der Waals surface area contributed by atoms with E-state index in [4.69, 9.17) is 5.73 Å². The van der Waals surface area contributed by atoms with Crippen molar-refractivity contribution in [1.82, 2.24) is 0 Å². The second kappa shape index (κ2) is 3.57. The SMILES string of the molecule is CCC1C=CC=CC1CN. The van der Waals surface area contributed by atoms with Crippen LogP contribution in [0.25, 0.3) is 0 Å². The first-order valence-electron chi connectivity index (χ1n) is 3.93. The predicted molar refractivity (Wildman–Crippen MR) is 44.6 cm³/mol. The van der Waals surface area contributed by atoms with E-state index in [1.54, 1.807) is 0 Å². The van der Waals surface area contributed by atoms with Gasteiger partial charge in [-0.3, -0.25) is 0 Å². The third-order valence-electron chi connectivity index (χ3n) is 2.12. The van der Waals surface area contributed by atoms with Gasteiger partial charge in [0.1, 0.15) is 0 Å². The van der Waals surface area contributed by atoms with Crippen LogP contribution in [0.1, 0.15) is 13.3 Å². The Kier molecular flexibility index (Phi) is 2.69. The van der Waals surface area contributed by atoms with Crippen molar-refractivity contribution in [2.24, 2.45) is 17.6 Å². The maximum Gasteiger partial charge on any atom is -0.000839 e. The number of allylic oxidation sites excluding steroid dienone is 3. The molecule has 0 heterocycles. The first-order chi connectivity index (χ1) is 4.88. The summed E-state index contributed by atoms with van der Waals surface area (Å²) >= 11 is 0. The molecule has 0 spiro atoms. The normalized spacial score (nSPS) is 31.0. The van der Waals surface area contributed by atoms with Gasteiger partial charge in [0.15, 0.2) is 0 Å². The Morgan fingerprint density at radius 3 is 2.20 bits per heavy atom. The fourth-order valence-corrected chi connectivity index (χ4v) is 1.39. The highest BCUT2D eigenvalue weighted by atomic mass is 14.5. The molecule has 0 aromatic carbocycles. The number of hydrogen-bond donors (Lipinski definition) is 1. The van der Waals surface area contributed by atoms with Gasteiger partial charge in [-0.15, -0.1) is 0 Å². The van der Waals surface area contributed by atoms with Crippen LogP contribution in [-0.2, 0) is 0 Å². The van der Waals surface area contributed by atoms with Crippen LogP contribution in [0.5, 0.6) is 0 Å². The molecule has 1 rings (SSSR count). The van der Waals surface area contributed by atoms with Gasteiger partial charge in [-0.1, -0.05) is 31.2 Å². The molecule has 0 aromatic heterocycles. The number of rotatable bonds is 2. The Hall–Kier alpha value is -0.560. The van der Waals surface area contributed by atoms with Crippen LogP contribution in [0.4, 0.5) is 0 Å². The van der Waals surface area contributed by atoms with Gasteiger partial charge in [0.05, 0.1) is 0 Å². The summed E-state index contributed by atoms with van der Waals surface area (Å²) in [5.74, 6) is 1.25. The molecule has 56 valence electrons. The van der Waals surface area contributed by atoms with Crippen LogP contribution in [0.2, 0.25) is 0 Å². The molecule has 1 nitrogen and oxygen atoms in total. The molecule has 0 aromatic rings. The minimum absolute atomic E-state index is 0.579. The molecular weight excluding hydrogens is 122 g/mol. The van der Waals surface area contributed by atoms with Gasteiger partial charge >= 0.3 is 0 Å². The van der Waals surface area contributed by atoms with Gasteiger partial charge in [-0.25, -0.2) is 0 Å². The lowest BCUT2D eigenvalue weighted by atomic mass is 9.87. The summed E-state index contributed by atoms with van der Waals surface area (Å²) in [4.78, 5) is 0. The van der Waals surface area contributed by atoms with E-state index in [-0.39, 0.29) is 0 Å². The predicted octanol–water partition coefficient (Wildman–Crippen LogP) is 1.71. The molecule has 1 aliphatic carbocycles. The largest absolute Gasteiger partial charge is 0.330 e. The van der Waals surface area contributed by atoms with E-state index in [0.717, 1.165) is 6.54 Å². The molecule has 2 atom stereocenters. The Morgan fingerprint density at radius 2 is 1.80 bits per heavy atom. The Balaban J connectivity index is 2.55. The van der Waals surface area contributed by atoms with Gasteiger partial charge in [0.2, 0.25) is 0 Å². The van der Waals surface area contributed by atoms with Gasteiger partial charge in [-0.05, 0) is 24.8 Å².